The molecule has 0 saturated heterocycles. The lowest BCUT2D eigenvalue weighted by molar-refractivity contribution is -0.115. The van der Waals surface area contributed by atoms with E-state index in [4.69, 9.17) is 0 Å². The minimum absolute atomic E-state index is 0.0138. The summed E-state index contributed by atoms with van der Waals surface area (Å²) in [6, 6.07) is 6.08. The monoisotopic (exact) mass is 293 g/mol. The van der Waals surface area contributed by atoms with Gasteiger partial charge in [0.25, 0.3) is 0 Å². The van der Waals surface area contributed by atoms with Crippen molar-refractivity contribution in [2.75, 3.05) is 11.9 Å². The zero-order valence-electron chi connectivity index (χ0n) is 11.3. The largest absolute Gasteiger partial charge is 0.322 e. The number of aromatic nitrogens is 1. The Labute approximate surface area is 121 Å². The second-order valence-electron chi connectivity index (χ2n) is 4.44. The molecule has 0 spiro atoms. The fraction of sp³-hybridized carbons (Fsp3) is 0.286. The third-order valence-electron chi connectivity index (χ3n) is 2.73. The van der Waals surface area contributed by atoms with Gasteiger partial charge in [-0.25, -0.2) is 9.37 Å². The summed E-state index contributed by atoms with van der Waals surface area (Å²) in [6.07, 6.45) is 1.80. The summed E-state index contributed by atoms with van der Waals surface area (Å²) < 4.78 is 13.4. The van der Waals surface area contributed by atoms with Gasteiger partial charge < -0.3 is 5.32 Å². The zero-order valence-corrected chi connectivity index (χ0v) is 12.1. The van der Waals surface area contributed by atoms with Gasteiger partial charge in [-0.3, -0.25) is 10.1 Å². The average Bonchev–Trinajstić information content (AvgIpc) is 2.85. The number of carbonyl (C=O) groups is 1. The highest BCUT2D eigenvalue weighted by Gasteiger charge is 2.11. The lowest BCUT2D eigenvalue weighted by atomic mass is 10.3. The second-order valence-corrected chi connectivity index (χ2v) is 5.71. The lowest BCUT2D eigenvalue weighted by Crippen LogP contribution is -2.30. The van der Waals surface area contributed by atoms with E-state index in [-0.39, 0.29) is 24.2 Å². The normalized spacial score (nSPS) is 12.2. The lowest BCUT2D eigenvalue weighted by Gasteiger charge is -2.11. The van der Waals surface area contributed by atoms with Crippen LogP contribution < -0.4 is 10.6 Å². The topological polar surface area (TPSA) is 54.0 Å². The van der Waals surface area contributed by atoms with Crippen molar-refractivity contribution in [1.29, 1.82) is 0 Å². The standard InChI is InChI=1S/C14H16FN3OS/c1-9-7-17-14(20-9)10(2)16-8-13(19)18-12-6-4-3-5-11(12)15/h3-7,10,16H,8H2,1-2H3,(H,18,19). The van der Waals surface area contributed by atoms with Crippen molar-refractivity contribution >= 4 is 22.9 Å². The Kier molecular flexibility index (Phi) is 4.81. The maximum absolute atomic E-state index is 13.4. The molecular formula is C14H16FN3OS. The average molecular weight is 293 g/mol. The summed E-state index contributed by atoms with van der Waals surface area (Å²) in [6.45, 7) is 4.03. The van der Waals surface area contributed by atoms with E-state index in [0.29, 0.717) is 0 Å². The van der Waals surface area contributed by atoms with Crippen LogP contribution in [0.2, 0.25) is 0 Å². The number of thiazole rings is 1. The Bertz CT molecular complexity index is 600. The molecule has 1 unspecified atom stereocenters. The molecule has 0 aliphatic carbocycles. The van der Waals surface area contributed by atoms with Crippen molar-refractivity contribution in [1.82, 2.24) is 10.3 Å². The molecule has 1 aromatic heterocycles. The van der Waals surface area contributed by atoms with Gasteiger partial charge in [0.05, 0.1) is 18.3 Å². The van der Waals surface area contributed by atoms with Crippen LogP contribution in [0.25, 0.3) is 0 Å². The van der Waals surface area contributed by atoms with Crippen LogP contribution in [0.5, 0.6) is 0 Å². The van der Waals surface area contributed by atoms with E-state index in [9.17, 15) is 9.18 Å². The predicted molar refractivity (Wildman–Crippen MR) is 78.3 cm³/mol. The van der Waals surface area contributed by atoms with E-state index < -0.39 is 5.82 Å². The van der Waals surface area contributed by atoms with E-state index in [1.165, 1.54) is 12.1 Å². The van der Waals surface area contributed by atoms with Gasteiger partial charge in [0.2, 0.25) is 5.91 Å². The molecule has 4 nitrogen and oxygen atoms in total. The summed E-state index contributed by atoms with van der Waals surface area (Å²) >= 11 is 1.59. The Morgan fingerprint density at radius 3 is 2.85 bits per heavy atom. The SMILES string of the molecule is Cc1cnc(C(C)NCC(=O)Nc2ccccc2F)s1. The summed E-state index contributed by atoms with van der Waals surface area (Å²) in [5, 5.41) is 6.53. The molecule has 6 heteroatoms. The minimum Gasteiger partial charge on any atom is -0.322 e. The highest BCUT2D eigenvalue weighted by Crippen LogP contribution is 2.18. The van der Waals surface area contributed by atoms with Crippen molar-refractivity contribution in [3.05, 3.63) is 46.2 Å². The summed E-state index contributed by atoms with van der Waals surface area (Å²) in [7, 11) is 0. The van der Waals surface area contributed by atoms with E-state index in [2.05, 4.69) is 15.6 Å². The van der Waals surface area contributed by atoms with Gasteiger partial charge in [-0.15, -0.1) is 11.3 Å². The number of hydrogen-bond acceptors (Lipinski definition) is 4. The fourth-order valence-electron chi connectivity index (χ4n) is 1.66. The summed E-state index contributed by atoms with van der Waals surface area (Å²) in [5.41, 5.74) is 0.192. The zero-order chi connectivity index (χ0) is 14.5. The Balaban J connectivity index is 1.85. The number of hydrogen-bond donors (Lipinski definition) is 2. The first-order chi connectivity index (χ1) is 9.56. The van der Waals surface area contributed by atoms with Gasteiger partial charge in [-0.2, -0.15) is 0 Å². The van der Waals surface area contributed by atoms with Gasteiger partial charge >= 0.3 is 0 Å². The third-order valence-corrected chi connectivity index (χ3v) is 3.82. The van der Waals surface area contributed by atoms with Crippen LogP contribution in [-0.2, 0) is 4.79 Å². The predicted octanol–water partition coefficient (Wildman–Crippen LogP) is 2.88. The van der Waals surface area contributed by atoms with Crippen LogP contribution in [0.3, 0.4) is 0 Å². The Hall–Kier alpha value is -1.79. The van der Waals surface area contributed by atoms with Crippen molar-refractivity contribution in [3.63, 3.8) is 0 Å². The highest BCUT2D eigenvalue weighted by atomic mass is 32.1. The highest BCUT2D eigenvalue weighted by molar-refractivity contribution is 7.11. The Morgan fingerprint density at radius 2 is 2.20 bits per heavy atom. The maximum atomic E-state index is 13.4. The number of aryl methyl sites for hydroxylation is 1. The van der Waals surface area contributed by atoms with Crippen LogP contribution in [0.15, 0.2) is 30.5 Å². The van der Waals surface area contributed by atoms with Crippen LogP contribution in [0, 0.1) is 12.7 Å². The van der Waals surface area contributed by atoms with Crippen LogP contribution >= 0.6 is 11.3 Å². The van der Waals surface area contributed by atoms with Gasteiger partial charge in [-0.05, 0) is 26.0 Å². The second kappa shape index (κ2) is 6.58. The number of amides is 1. The van der Waals surface area contributed by atoms with E-state index in [1.54, 1.807) is 29.7 Å². The number of rotatable bonds is 5. The third kappa shape index (κ3) is 3.85. The van der Waals surface area contributed by atoms with E-state index >= 15 is 0 Å². The van der Waals surface area contributed by atoms with Crippen molar-refractivity contribution in [2.24, 2.45) is 0 Å². The number of halogens is 1. The van der Waals surface area contributed by atoms with E-state index in [1.807, 2.05) is 13.8 Å². The summed E-state index contributed by atoms with van der Waals surface area (Å²) in [4.78, 5) is 17.1. The van der Waals surface area contributed by atoms with E-state index in [0.717, 1.165) is 9.88 Å². The molecule has 0 saturated carbocycles. The molecule has 0 aliphatic rings. The van der Waals surface area contributed by atoms with Crippen molar-refractivity contribution < 1.29 is 9.18 Å². The first-order valence-corrected chi connectivity index (χ1v) is 7.08. The van der Waals surface area contributed by atoms with Gasteiger partial charge in [0, 0.05) is 11.1 Å². The molecule has 2 rings (SSSR count). The molecule has 0 bridgehead atoms. The Morgan fingerprint density at radius 1 is 1.45 bits per heavy atom. The maximum Gasteiger partial charge on any atom is 0.238 e. The van der Waals surface area contributed by atoms with Gasteiger partial charge in [0.1, 0.15) is 10.8 Å². The molecule has 106 valence electrons. The quantitative estimate of drug-likeness (QED) is 0.891. The van der Waals surface area contributed by atoms with Crippen LogP contribution in [0.1, 0.15) is 22.9 Å². The molecule has 2 aromatic rings. The number of para-hydroxylation sites is 1. The number of nitrogens with zero attached hydrogens (tertiary/aromatic N) is 1. The van der Waals surface area contributed by atoms with Gasteiger partial charge in [0.15, 0.2) is 0 Å². The smallest absolute Gasteiger partial charge is 0.238 e. The number of anilines is 1. The molecule has 0 fully saturated rings. The summed E-state index contributed by atoms with van der Waals surface area (Å²) in [5.74, 6) is -0.723. The van der Waals surface area contributed by atoms with Crippen LogP contribution in [-0.4, -0.2) is 17.4 Å². The molecule has 1 amide bonds. The number of carbonyl (C=O) groups excluding carboxylic acids is 1. The molecule has 1 heterocycles. The molecule has 1 aromatic carbocycles. The molecule has 2 N–H and O–H groups in total. The molecule has 20 heavy (non-hydrogen) atoms. The number of nitrogens with one attached hydrogen (secondary N) is 2. The van der Waals surface area contributed by atoms with Gasteiger partial charge in [-0.1, -0.05) is 12.1 Å². The molecular weight excluding hydrogens is 277 g/mol. The first kappa shape index (κ1) is 14.6. The van der Waals surface area contributed by atoms with Crippen LogP contribution in [0.4, 0.5) is 10.1 Å². The molecule has 0 aliphatic heterocycles. The number of benzene rings is 1. The molecule has 0 radical (unpaired) electrons. The van der Waals surface area contributed by atoms with Crippen molar-refractivity contribution in [3.8, 4) is 0 Å². The van der Waals surface area contributed by atoms with Crippen molar-refractivity contribution in [2.45, 2.75) is 19.9 Å². The minimum atomic E-state index is -0.440. The first-order valence-electron chi connectivity index (χ1n) is 6.26. The molecule has 1 atom stereocenters. The fourth-order valence-corrected chi connectivity index (χ4v) is 2.46.